The van der Waals surface area contributed by atoms with E-state index in [-0.39, 0.29) is 0 Å². The fourth-order valence-corrected chi connectivity index (χ4v) is 1.05. The molecule has 0 radical (unpaired) electrons. The first kappa shape index (κ1) is 6.40. The number of nitrogens with zero attached hydrogens (tertiary/aromatic N) is 1. The molecule has 1 aliphatic heterocycles. The molecule has 1 aliphatic rings. The van der Waals surface area contributed by atoms with E-state index < -0.39 is 0 Å². The van der Waals surface area contributed by atoms with Gasteiger partial charge in [-0.25, -0.2) is 0 Å². The summed E-state index contributed by atoms with van der Waals surface area (Å²) in [6.45, 7) is 2.10. The van der Waals surface area contributed by atoms with Gasteiger partial charge < -0.3 is 4.90 Å². The Bertz CT molecular complexity index is 262. The number of hydrogen-bond donors (Lipinski definition) is 1. The third kappa shape index (κ3) is 1.24. The number of rotatable bonds is 1. The van der Waals surface area contributed by atoms with Crippen LogP contribution in [0.15, 0.2) is 30.3 Å². The van der Waals surface area contributed by atoms with E-state index in [1.165, 1.54) is 0 Å². The van der Waals surface area contributed by atoms with Crippen LogP contribution >= 0.6 is 0 Å². The Balaban J connectivity index is 2.22. The fraction of sp³-hybridized carbons (Fsp3) is 0.222. The lowest BCUT2D eigenvalue weighted by molar-refractivity contribution is 0.836. The van der Waals surface area contributed by atoms with Crippen LogP contribution < -0.4 is 0 Å². The van der Waals surface area contributed by atoms with Crippen LogP contribution in [0.2, 0.25) is 0 Å². The Kier molecular flexibility index (Phi) is 1.39. The van der Waals surface area contributed by atoms with Crippen molar-refractivity contribution in [3.63, 3.8) is 0 Å². The van der Waals surface area contributed by atoms with Gasteiger partial charge in [0, 0.05) is 18.7 Å². The summed E-state index contributed by atoms with van der Waals surface area (Å²) in [6, 6.07) is 9.85. The van der Waals surface area contributed by atoms with E-state index in [4.69, 9.17) is 5.41 Å². The summed E-state index contributed by atoms with van der Waals surface area (Å²) in [5.74, 6) is 0.658. The Morgan fingerprint density at radius 2 is 1.82 bits per heavy atom. The van der Waals surface area contributed by atoms with Crippen LogP contribution in [0.25, 0.3) is 0 Å². The summed E-state index contributed by atoms with van der Waals surface area (Å²) < 4.78 is 0. The lowest BCUT2D eigenvalue weighted by Gasteiger charge is -2.03. The Morgan fingerprint density at radius 1 is 1.18 bits per heavy atom. The molecule has 0 aromatic heterocycles. The third-order valence-electron chi connectivity index (χ3n) is 1.81. The molecule has 0 saturated carbocycles. The van der Waals surface area contributed by atoms with Crippen molar-refractivity contribution in [3.8, 4) is 0 Å². The summed E-state index contributed by atoms with van der Waals surface area (Å²) in [4.78, 5) is 2.04. The minimum absolute atomic E-state index is 0.658. The molecule has 1 fully saturated rings. The molecule has 2 nitrogen and oxygen atoms in total. The van der Waals surface area contributed by atoms with Gasteiger partial charge in [-0.3, -0.25) is 5.41 Å². The van der Waals surface area contributed by atoms with Crippen LogP contribution in [-0.2, 0) is 0 Å². The van der Waals surface area contributed by atoms with E-state index in [9.17, 15) is 0 Å². The van der Waals surface area contributed by atoms with E-state index in [2.05, 4.69) is 0 Å². The van der Waals surface area contributed by atoms with Gasteiger partial charge in [-0.05, 0) is 0 Å². The van der Waals surface area contributed by atoms with E-state index in [0.717, 1.165) is 18.7 Å². The molecule has 1 N–H and O–H groups in total. The highest BCUT2D eigenvalue weighted by Crippen LogP contribution is 2.10. The lowest BCUT2D eigenvalue weighted by Crippen LogP contribution is -2.09. The number of hydrogen-bond acceptors (Lipinski definition) is 1. The van der Waals surface area contributed by atoms with Gasteiger partial charge in [0.2, 0.25) is 0 Å². The van der Waals surface area contributed by atoms with E-state index >= 15 is 0 Å². The van der Waals surface area contributed by atoms with Crippen molar-refractivity contribution in [1.29, 1.82) is 5.41 Å². The van der Waals surface area contributed by atoms with Gasteiger partial charge in [0.15, 0.2) is 0 Å². The van der Waals surface area contributed by atoms with Gasteiger partial charge in [0.05, 0.1) is 0 Å². The van der Waals surface area contributed by atoms with Crippen LogP contribution in [0.5, 0.6) is 0 Å². The van der Waals surface area contributed by atoms with Gasteiger partial charge in [-0.15, -0.1) is 0 Å². The monoisotopic (exact) mass is 146 g/mol. The molecule has 0 unspecified atom stereocenters. The Labute approximate surface area is 66.0 Å². The van der Waals surface area contributed by atoms with Crippen LogP contribution in [0.3, 0.4) is 0 Å². The van der Waals surface area contributed by atoms with Crippen LogP contribution in [-0.4, -0.2) is 23.8 Å². The van der Waals surface area contributed by atoms with Gasteiger partial charge in [-0.1, -0.05) is 30.3 Å². The molecular formula is C9H10N2. The van der Waals surface area contributed by atoms with Crippen molar-refractivity contribution < 1.29 is 0 Å². The highest BCUT2D eigenvalue weighted by molar-refractivity contribution is 5.97. The lowest BCUT2D eigenvalue weighted by atomic mass is 10.2. The average molecular weight is 146 g/mol. The first-order valence-corrected chi connectivity index (χ1v) is 3.77. The predicted molar refractivity (Wildman–Crippen MR) is 44.8 cm³/mol. The zero-order chi connectivity index (χ0) is 7.68. The van der Waals surface area contributed by atoms with Gasteiger partial charge in [0.1, 0.15) is 5.84 Å². The average Bonchev–Trinajstić information content (AvgIpc) is 2.87. The topological polar surface area (TPSA) is 26.9 Å². The maximum atomic E-state index is 7.67. The maximum Gasteiger partial charge on any atom is 0.128 e. The van der Waals surface area contributed by atoms with Crippen LogP contribution in [0.4, 0.5) is 0 Å². The van der Waals surface area contributed by atoms with Crippen LogP contribution in [0.1, 0.15) is 5.56 Å². The second-order valence-corrected chi connectivity index (χ2v) is 2.70. The van der Waals surface area contributed by atoms with Crippen molar-refractivity contribution in [1.82, 2.24) is 4.90 Å². The Morgan fingerprint density at radius 3 is 2.36 bits per heavy atom. The molecule has 0 spiro atoms. The predicted octanol–water partition coefficient (Wildman–Crippen LogP) is 1.33. The van der Waals surface area contributed by atoms with Crippen molar-refractivity contribution in [3.05, 3.63) is 35.9 Å². The summed E-state index contributed by atoms with van der Waals surface area (Å²) in [7, 11) is 0. The minimum atomic E-state index is 0.658. The number of benzene rings is 1. The minimum Gasteiger partial charge on any atom is -0.353 e. The van der Waals surface area contributed by atoms with Gasteiger partial charge in [0.25, 0.3) is 0 Å². The van der Waals surface area contributed by atoms with E-state index in [0.29, 0.717) is 5.84 Å². The zero-order valence-electron chi connectivity index (χ0n) is 6.25. The normalized spacial score (nSPS) is 14.7. The highest BCUT2D eigenvalue weighted by Gasteiger charge is 2.21. The molecule has 56 valence electrons. The molecule has 1 aromatic carbocycles. The second-order valence-electron chi connectivity index (χ2n) is 2.70. The molecule has 1 heterocycles. The van der Waals surface area contributed by atoms with Crippen LogP contribution in [0, 0.1) is 5.41 Å². The smallest absolute Gasteiger partial charge is 0.128 e. The second kappa shape index (κ2) is 2.38. The summed E-state index contributed by atoms with van der Waals surface area (Å²) in [6.07, 6.45) is 0. The molecule has 2 rings (SSSR count). The SMILES string of the molecule is N=C(c1ccccc1)N1CC1. The third-order valence-corrected chi connectivity index (χ3v) is 1.81. The highest BCUT2D eigenvalue weighted by atomic mass is 15.3. The first-order chi connectivity index (χ1) is 5.38. The molecule has 2 heteroatoms. The van der Waals surface area contributed by atoms with Gasteiger partial charge in [-0.2, -0.15) is 0 Å². The zero-order valence-corrected chi connectivity index (χ0v) is 6.25. The molecule has 1 saturated heterocycles. The van der Waals surface area contributed by atoms with Crippen molar-refractivity contribution in [2.24, 2.45) is 0 Å². The molecular weight excluding hydrogens is 136 g/mol. The molecule has 0 atom stereocenters. The summed E-state index contributed by atoms with van der Waals surface area (Å²) >= 11 is 0. The number of amidine groups is 1. The fourth-order valence-electron chi connectivity index (χ4n) is 1.05. The molecule has 1 aromatic rings. The number of nitrogens with one attached hydrogen (secondary N) is 1. The molecule has 0 amide bonds. The summed E-state index contributed by atoms with van der Waals surface area (Å²) in [5.41, 5.74) is 1.02. The van der Waals surface area contributed by atoms with Gasteiger partial charge >= 0.3 is 0 Å². The standard InChI is InChI=1S/C9H10N2/c10-9(11-6-7-11)8-4-2-1-3-5-8/h1-5,10H,6-7H2. The molecule has 11 heavy (non-hydrogen) atoms. The Hall–Kier alpha value is -1.31. The van der Waals surface area contributed by atoms with E-state index in [1.807, 2.05) is 35.2 Å². The van der Waals surface area contributed by atoms with E-state index in [1.54, 1.807) is 0 Å². The molecule has 0 bridgehead atoms. The summed E-state index contributed by atoms with van der Waals surface area (Å²) in [5, 5.41) is 7.67. The van der Waals surface area contributed by atoms with Crippen molar-refractivity contribution in [2.75, 3.05) is 13.1 Å². The first-order valence-electron chi connectivity index (χ1n) is 3.77. The van der Waals surface area contributed by atoms with Crippen molar-refractivity contribution in [2.45, 2.75) is 0 Å². The maximum absolute atomic E-state index is 7.67. The largest absolute Gasteiger partial charge is 0.353 e. The molecule has 0 aliphatic carbocycles. The van der Waals surface area contributed by atoms with Crippen molar-refractivity contribution >= 4 is 5.84 Å². The quantitative estimate of drug-likeness (QED) is 0.361.